The number of rotatable bonds is 2. The molecule has 0 aromatic carbocycles. The second-order valence-electron chi connectivity index (χ2n) is 6.73. The van der Waals surface area contributed by atoms with Crippen LogP contribution in [0.25, 0.3) is 5.52 Å². The summed E-state index contributed by atoms with van der Waals surface area (Å²) in [7, 11) is 0. The van der Waals surface area contributed by atoms with Crippen molar-refractivity contribution in [2.45, 2.75) is 20.8 Å². The first-order valence-electron chi connectivity index (χ1n) is 8.81. The standard InChI is InChI=1S/C19H22N6O/c1-13-5-4-6-25-17(13)16(11-22-25)19(26)24-9-7-23(8-10-24)18-14(2)15(3)20-12-21-18/h4-6,11-12H,7-10H2,1-3H3. The van der Waals surface area contributed by atoms with E-state index in [1.807, 2.05) is 44.0 Å². The highest BCUT2D eigenvalue weighted by molar-refractivity contribution is 6.01. The van der Waals surface area contributed by atoms with Crippen LogP contribution in [-0.4, -0.2) is 56.6 Å². The van der Waals surface area contributed by atoms with Crippen LogP contribution in [0.4, 0.5) is 5.82 Å². The zero-order valence-corrected chi connectivity index (χ0v) is 15.3. The van der Waals surface area contributed by atoms with E-state index in [4.69, 9.17) is 0 Å². The molecule has 4 rings (SSSR count). The summed E-state index contributed by atoms with van der Waals surface area (Å²) >= 11 is 0. The highest BCUT2D eigenvalue weighted by Gasteiger charge is 2.26. The summed E-state index contributed by atoms with van der Waals surface area (Å²) < 4.78 is 1.77. The number of pyridine rings is 1. The number of fused-ring (bicyclic) bond motifs is 1. The minimum absolute atomic E-state index is 0.0459. The van der Waals surface area contributed by atoms with Gasteiger partial charge in [0, 0.05) is 43.6 Å². The molecule has 0 atom stereocenters. The van der Waals surface area contributed by atoms with E-state index >= 15 is 0 Å². The molecule has 0 spiro atoms. The van der Waals surface area contributed by atoms with Gasteiger partial charge in [-0.2, -0.15) is 5.10 Å². The zero-order chi connectivity index (χ0) is 18.3. The molecule has 1 amide bonds. The van der Waals surface area contributed by atoms with Crippen LogP contribution in [0.2, 0.25) is 0 Å². The average Bonchev–Trinajstić information content (AvgIpc) is 3.09. The van der Waals surface area contributed by atoms with E-state index in [-0.39, 0.29) is 5.91 Å². The first-order valence-corrected chi connectivity index (χ1v) is 8.81. The molecule has 3 aromatic rings. The van der Waals surface area contributed by atoms with Crippen molar-refractivity contribution in [3.05, 3.63) is 53.2 Å². The third-order valence-corrected chi connectivity index (χ3v) is 5.15. The fourth-order valence-electron chi connectivity index (χ4n) is 3.51. The van der Waals surface area contributed by atoms with Gasteiger partial charge in [0.05, 0.1) is 17.3 Å². The maximum atomic E-state index is 13.0. The van der Waals surface area contributed by atoms with Gasteiger partial charge in [-0.05, 0) is 32.4 Å². The average molecular weight is 350 g/mol. The summed E-state index contributed by atoms with van der Waals surface area (Å²) in [4.78, 5) is 25.8. The van der Waals surface area contributed by atoms with E-state index < -0.39 is 0 Å². The minimum atomic E-state index is 0.0459. The fraction of sp³-hybridized carbons (Fsp3) is 0.368. The number of hydrogen-bond acceptors (Lipinski definition) is 5. The third kappa shape index (κ3) is 2.69. The highest BCUT2D eigenvalue weighted by atomic mass is 16.2. The molecule has 1 fully saturated rings. The molecule has 0 radical (unpaired) electrons. The molecule has 134 valence electrons. The topological polar surface area (TPSA) is 66.6 Å². The van der Waals surface area contributed by atoms with Crippen LogP contribution in [0.1, 0.15) is 27.2 Å². The molecule has 7 nitrogen and oxygen atoms in total. The summed E-state index contributed by atoms with van der Waals surface area (Å²) in [6.07, 6.45) is 5.16. The van der Waals surface area contributed by atoms with Gasteiger partial charge in [0.15, 0.2) is 0 Å². The van der Waals surface area contributed by atoms with Crippen molar-refractivity contribution < 1.29 is 4.79 Å². The smallest absolute Gasteiger partial charge is 0.257 e. The van der Waals surface area contributed by atoms with Crippen LogP contribution in [0.5, 0.6) is 0 Å². The van der Waals surface area contributed by atoms with Crippen LogP contribution in [0.15, 0.2) is 30.9 Å². The molecule has 0 N–H and O–H groups in total. The molecule has 4 heterocycles. The van der Waals surface area contributed by atoms with Crippen molar-refractivity contribution in [2.75, 3.05) is 31.1 Å². The van der Waals surface area contributed by atoms with E-state index in [0.29, 0.717) is 18.7 Å². The van der Waals surface area contributed by atoms with Crippen LogP contribution < -0.4 is 4.90 Å². The predicted molar refractivity (Wildman–Crippen MR) is 99.6 cm³/mol. The number of nitrogens with zero attached hydrogens (tertiary/aromatic N) is 6. The number of anilines is 1. The van der Waals surface area contributed by atoms with E-state index in [9.17, 15) is 4.79 Å². The molecule has 0 saturated carbocycles. The van der Waals surface area contributed by atoms with E-state index in [1.54, 1.807) is 17.0 Å². The summed E-state index contributed by atoms with van der Waals surface area (Å²) in [5, 5.41) is 4.32. The molecule has 0 aliphatic carbocycles. The maximum absolute atomic E-state index is 13.0. The number of aryl methyl sites for hydroxylation is 2. The van der Waals surface area contributed by atoms with Gasteiger partial charge in [-0.1, -0.05) is 6.07 Å². The Morgan fingerprint density at radius 3 is 2.62 bits per heavy atom. The van der Waals surface area contributed by atoms with Crippen LogP contribution in [-0.2, 0) is 0 Å². The Balaban J connectivity index is 1.52. The van der Waals surface area contributed by atoms with Gasteiger partial charge < -0.3 is 9.80 Å². The Kier molecular flexibility index (Phi) is 4.06. The summed E-state index contributed by atoms with van der Waals surface area (Å²) in [5.41, 5.74) is 4.72. The molecular formula is C19H22N6O. The highest BCUT2D eigenvalue weighted by Crippen LogP contribution is 2.22. The molecular weight excluding hydrogens is 328 g/mol. The SMILES string of the molecule is Cc1ncnc(N2CCN(C(=O)c3cnn4cccc(C)c34)CC2)c1C. The van der Waals surface area contributed by atoms with Gasteiger partial charge in [-0.25, -0.2) is 14.5 Å². The second-order valence-corrected chi connectivity index (χ2v) is 6.73. The van der Waals surface area contributed by atoms with Crippen molar-refractivity contribution in [1.82, 2.24) is 24.5 Å². The Morgan fingerprint density at radius 2 is 1.85 bits per heavy atom. The monoisotopic (exact) mass is 350 g/mol. The Morgan fingerprint density at radius 1 is 1.08 bits per heavy atom. The van der Waals surface area contributed by atoms with E-state index in [1.165, 1.54) is 0 Å². The summed E-state index contributed by atoms with van der Waals surface area (Å²) in [6, 6.07) is 3.94. The molecule has 1 aliphatic rings. The van der Waals surface area contributed by atoms with Crippen molar-refractivity contribution in [1.29, 1.82) is 0 Å². The van der Waals surface area contributed by atoms with E-state index in [2.05, 4.69) is 20.0 Å². The van der Waals surface area contributed by atoms with Gasteiger partial charge in [0.2, 0.25) is 0 Å². The van der Waals surface area contributed by atoms with Crippen molar-refractivity contribution >= 4 is 17.2 Å². The molecule has 7 heteroatoms. The van der Waals surface area contributed by atoms with Gasteiger partial charge >= 0.3 is 0 Å². The van der Waals surface area contributed by atoms with Gasteiger partial charge in [0.25, 0.3) is 5.91 Å². The molecule has 0 unspecified atom stereocenters. The molecule has 26 heavy (non-hydrogen) atoms. The maximum Gasteiger partial charge on any atom is 0.257 e. The Labute approximate surface area is 152 Å². The van der Waals surface area contributed by atoms with Crippen molar-refractivity contribution in [2.24, 2.45) is 0 Å². The zero-order valence-electron chi connectivity index (χ0n) is 15.3. The lowest BCUT2D eigenvalue weighted by Gasteiger charge is -2.36. The van der Waals surface area contributed by atoms with Crippen molar-refractivity contribution in [3.8, 4) is 0 Å². The fourth-order valence-corrected chi connectivity index (χ4v) is 3.51. The van der Waals surface area contributed by atoms with Crippen LogP contribution in [0.3, 0.4) is 0 Å². The number of piperazine rings is 1. The lowest BCUT2D eigenvalue weighted by molar-refractivity contribution is 0.0748. The van der Waals surface area contributed by atoms with Gasteiger partial charge in [-0.15, -0.1) is 0 Å². The predicted octanol–water partition coefficient (Wildman–Crippen LogP) is 2.01. The number of amides is 1. The van der Waals surface area contributed by atoms with Crippen molar-refractivity contribution in [3.63, 3.8) is 0 Å². The molecule has 0 bridgehead atoms. The number of carbonyl (C=O) groups excluding carboxylic acids is 1. The quantitative estimate of drug-likeness (QED) is 0.707. The Bertz CT molecular complexity index is 971. The number of aromatic nitrogens is 4. The molecule has 3 aromatic heterocycles. The number of hydrogen-bond donors (Lipinski definition) is 0. The third-order valence-electron chi connectivity index (χ3n) is 5.15. The van der Waals surface area contributed by atoms with Crippen LogP contribution >= 0.6 is 0 Å². The largest absolute Gasteiger partial charge is 0.353 e. The molecule has 1 aliphatic heterocycles. The summed E-state index contributed by atoms with van der Waals surface area (Å²) in [5.74, 6) is 1.01. The van der Waals surface area contributed by atoms with Crippen LogP contribution in [0, 0.1) is 20.8 Å². The lowest BCUT2D eigenvalue weighted by atomic mass is 10.1. The van der Waals surface area contributed by atoms with E-state index in [0.717, 1.165) is 41.2 Å². The number of carbonyl (C=O) groups is 1. The first kappa shape index (κ1) is 16.5. The second kappa shape index (κ2) is 6.40. The lowest BCUT2D eigenvalue weighted by Crippen LogP contribution is -2.49. The van der Waals surface area contributed by atoms with Gasteiger partial charge in [-0.3, -0.25) is 4.79 Å². The first-order chi connectivity index (χ1) is 12.6. The Hall–Kier alpha value is -2.96. The minimum Gasteiger partial charge on any atom is -0.353 e. The normalized spacial score (nSPS) is 14.9. The molecule has 1 saturated heterocycles. The summed E-state index contributed by atoms with van der Waals surface area (Å²) in [6.45, 7) is 8.92. The van der Waals surface area contributed by atoms with Gasteiger partial charge in [0.1, 0.15) is 12.1 Å².